The van der Waals surface area contributed by atoms with Crippen molar-refractivity contribution in [2.45, 2.75) is 12.5 Å². The fourth-order valence-corrected chi connectivity index (χ4v) is 1.97. The Balaban J connectivity index is 2.13. The summed E-state index contributed by atoms with van der Waals surface area (Å²) in [6.07, 6.45) is 1.40. The van der Waals surface area contributed by atoms with E-state index in [0.29, 0.717) is 17.1 Å². The average Bonchev–Trinajstić information content (AvgIpc) is 2.74. The summed E-state index contributed by atoms with van der Waals surface area (Å²) < 4.78 is 7.82. The zero-order valence-corrected chi connectivity index (χ0v) is 9.37. The molecule has 0 saturated heterocycles. The van der Waals surface area contributed by atoms with E-state index >= 15 is 0 Å². The van der Waals surface area contributed by atoms with Crippen LogP contribution in [0.2, 0.25) is 5.02 Å². The van der Waals surface area contributed by atoms with Gasteiger partial charge in [0.25, 0.3) is 0 Å². The molecular weight excluding hydrogens is 232 g/mol. The van der Waals surface area contributed by atoms with E-state index in [1.54, 1.807) is 6.20 Å². The minimum atomic E-state index is -0.636. The van der Waals surface area contributed by atoms with E-state index in [2.05, 4.69) is 8.75 Å². The standard InChI is InChI=1S/C10H9ClN2OS/c11-8-4-2-1-3-7(8)5-10(14)9-6-12-15-13-9/h1-4,6,10,14H,5H2. The first kappa shape index (κ1) is 10.5. The van der Waals surface area contributed by atoms with E-state index in [9.17, 15) is 5.11 Å². The van der Waals surface area contributed by atoms with Crippen LogP contribution in [0.4, 0.5) is 0 Å². The number of hydrogen-bond donors (Lipinski definition) is 1. The molecule has 1 heterocycles. The number of nitrogens with zero attached hydrogens (tertiary/aromatic N) is 2. The van der Waals surface area contributed by atoms with Crippen molar-refractivity contribution in [3.63, 3.8) is 0 Å². The monoisotopic (exact) mass is 240 g/mol. The molecule has 5 heteroatoms. The summed E-state index contributed by atoms with van der Waals surface area (Å²) >= 11 is 7.07. The van der Waals surface area contributed by atoms with Crippen molar-refractivity contribution in [1.82, 2.24) is 8.75 Å². The Morgan fingerprint density at radius 3 is 2.87 bits per heavy atom. The lowest BCUT2D eigenvalue weighted by Crippen LogP contribution is -2.02. The maximum atomic E-state index is 9.83. The van der Waals surface area contributed by atoms with Crippen LogP contribution >= 0.6 is 23.3 Å². The molecule has 0 spiro atoms. The highest BCUT2D eigenvalue weighted by Gasteiger charge is 2.12. The number of aliphatic hydroxyl groups is 1. The highest BCUT2D eigenvalue weighted by Crippen LogP contribution is 2.22. The summed E-state index contributed by atoms with van der Waals surface area (Å²) in [5.74, 6) is 0. The first-order chi connectivity index (χ1) is 7.27. The fraction of sp³-hybridized carbons (Fsp3) is 0.200. The first-order valence-electron chi connectivity index (χ1n) is 4.46. The summed E-state index contributed by atoms with van der Waals surface area (Å²) in [4.78, 5) is 0. The largest absolute Gasteiger partial charge is 0.386 e. The van der Waals surface area contributed by atoms with E-state index in [-0.39, 0.29) is 0 Å². The molecule has 3 nitrogen and oxygen atoms in total. The third-order valence-corrected chi connectivity index (χ3v) is 2.95. The number of hydrogen-bond acceptors (Lipinski definition) is 4. The molecule has 1 aromatic carbocycles. The van der Waals surface area contributed by atoms with Crippen molar-refractivity contribution in [1.29, 1.82) is 0 Å². The maximum absolute atomic E-state index is 9.83. The van der Waals surface area contributed by atoms with Gasteiger partial charge in [0.1, 0.15) is 11.8 Å². The summed E-state index contributed by atoms with van der Waals surface area (Å²) in [5.41, 5.74) is 1.51. The van der Waals surface area contributed by atoms with Crippen LogP contribution in [0.3, 0.4) is 0 Å². The Kier molecular flexibility index (Phi) is 3.30. The normalized spacial score (nSPS) is 12.7. The van der Waals surface area contributed by atoms with Gasteiger partial charge in [-0.1, -0.05) is 29.8 Å². The average molecular weight is 241 g/mol. The predicted molar refractivity (Wildman–Crippen MR) is 60.0 cm³/mol. The van der Waals surface area contributed by atoms with Gasteiger partial charge in [0.05, 0.1) is 17.9 Å². The highest BCUT2D eigenvalue weighted by molar-refractivity contribution is 6.99. The third-order valence-electron chi connectivity index (χ3n) is 2.09. The zero-order valence-electron chi connectivity index (χ0n) is 7.80. The Labute approximate surface area is 96.7 Å². The molecule has 1 N–H and O–H groups in total. The second-order valence-electron chi connectivity index (χ2n) is 3.14. The molecule has 2 aromatic rings. The van der Waals surface area contributed by atoms with Gasteiger partial charge in [-0.3, -0.25) is 0 Å². The molecule has 0 bridgehead atoms. The number of halogens is 1. The van der Waals surface area contributed by atoms with Gasteiger partial charge in [0, 0.05) is 11.4 Å². The molecule has 0 amide bonds. The molecule has 1 atom stereocenters. The van der Waals surface area contributed by atoms with Gasteiger partial charge in [-0.15, -0.1) is 0 Å². The van der Waals surface area contributed by atoms with Crippen molar-refractivity contribution < 1.29 is 5.11 Å². The molecule has 0 radical (unpaired) electrons. The maximum Gasteiger partial charge on any atom is 0.103 e. The molecule has 0 aliphatic heterocycles. The van der Waals surface area contributed by atoms with Crippen LogP contribution in [-0.2, 0) is 6.42 Å². The lowest BCUT2D eigenvalue weighted by atomic mass is 10.1. The molecule has 15 heavy (non-hydrogen) atoms. The minimum Gasteiger partial charge on any atom is -0.386 e. The van der Waals surface area contributed by atoms with Gasteiger partial charge in [-0.2, -0.15) is 8.75 Å². The summed E-state index contributed by atoms with van der Waals surface area (Å²) in [7, 11) is 0. The van der Waals surface area contributed by atoms with Crippen LogP contribution in [0.5, 0.6) is 0 Å². The molecule has 0 aliphatic carbocycles. The van der Waals surface area contributed by atoms with Crippen LogP contribution < -0.4 is 0 Å². The lowest BCUT2D eigenvalue weighted by Gasteiger charge is -2.08. The van der Waals surface area contributed by atoms with E-state index in [0.717, 1.165) is 17.3 Å². The fourth-order valence-electron chi connectivity index (χ4n) is 1.30. The van der Waals surface area contributed by atoms with Gasteiger partial charge >= 0.3 is 0 Å². The number of aliphatic hydroxyl groups excluding tert-OH is 1. The second-order valence-corrected chi connectivity index (χ2v) is 4.11. The molecule has 78 valence electrons. The zero-order chi connectivity index (χ0) is 10.7. The Morgan fingerprint density at radius 2 is 2.20 bits per heavy atom. The van der Waals surface area contributed by atoms with E-state index in [4.69, 9.17) is 11.6 Å². The van der Waals surface area contributed by atoms with E-state index in [1.165, 1.54) is 0 Å². The number of benzene rings is 1. The van der Waals surface area contributed by atoms with Crippen LogP contribution in [-0.4, -0.2) is 13.9 Å². The Hall–Kier alpha value is -0.970. The third kappa shape index (κ3) is 2.53. The molecule has 1 aromatic heterocycles. The van der Waals surface area contributed by atoms with Crippen LogP contribution in [0.25, 0.3) is 0 Å². The summed E-state index contributed by atoms with van der Waals surface area (Å²) in [6, 6.07) is 7.46. The molecule has 1 unspecified atom stereocenters. The van der Waals surface area contributed by atoms with Gasteiger partial charge in [-0.05, 0) is 11.6 Å². The molecular formula is C10H9ClN2OS. The molecule has 0 saturated carbocycles. The van der Waals surface area contributed by atoms with Gasteiger partial charge in [0.15, 0.2) is 0 Å². The highest BCUT2D eigenvalue weighted by atomic mass is 35.5. The predicted octanol–water partition coefficient (Wildman–Crippen LogP) is 2.47. The van der Waals surface area contributed by atoms with Gasteiger partial charge in [-0.25, -0.2) is 0 Å². The topological polar surface area (TPSA) is 46.0 Å². The van der Waals surface area contributed by atoms with Crippen LogP contribution in [0, 0.1) is 0 Å². The van der Waals surface area contributed by atoms with Crippen molar-refractivity contribution in [2.24, 2.45) is 0 Å². The summed E-state index contributed by atoms with van der Waals surface area (Å²) in [5, 5.41) is 10.5. The van der Waals surface area contributed by atoms with Crippen LogP contribution in [0.1, 0.15) is 17.4 Å². The number of aromatic nitrogens is 2. The van der Waals surface area contributed by atoms with Crippen LogP contribution in [0.15, 0.2) is 30.5 Å². The van der Waals surface area contributed by atoms with E-state index in [1.807, 2.05) is 24.3 Å². The Bertz CT molecular complexity index is 433. The van der Waals surface area contributed by atoms with Gasteiger partial charge in [0.2, 0.25) is 0 Å². The second kappa shape index (κ2) is 4.70. The van der Waals surface area contributed by atoms with Crippen molar-refractivity contribution in [3.05, 3.63) is 46.7 Å². The van der Waals surface area contributed by atoms with Crippen molar-refractivity contribution in [2.75, 3.05) is 0 Å². The number of rotatable bonds is 3. The van der Waals surface area contributed by atoms with E-state index < -0.39 is 6.10 Å². The molecule has 0 fully saturated rings. The van der Waals surface area contributed by atoms with Gasteiger partial charge < -0.3 is 5.11 Å². The first-order valence-corrected chi connectivity index (χ1v) is 5.57. The smallest absolute Gasteiger partial charge is 0.103 e. The Morgan fingerprint density at radius 1 is 1.40 bits per heavy atom. The van der Waals surface area contributed by atoms with Crippen molar-refractivity contribution >= 4 is 23.3 Å². The van der Waals surface area contributed by atoms with Crippen molar-refractivity contribution in [3.8, 4) is 0 Å². The SMILES string of the molecule is OC(Cc1ccccc1Cl)c1cnsn1. The molecule has 0 aliphatic rings. The lowest BCUT2D eigenvalue weighted by molar-refractivity contribution is 0.174. The summed E-state index contributed by atoms with van der Waals surface area (Å²) in [6.45, 7) is 0. The minimum absolute atomic E-state index is 0.463. The quantitative estimate of drug-likeness (QED) is 0.897. The molecule has 2 rings (SSSR count).